The van der Waals surface area contributed by atoms with Crippen molar-refractivity contribution in [1.29, 1.82) is 0 Å². The summed E-state index contributed by atoms with van der Waals surface area (Å²) < 4.78 is 36.4. The first-order valence-electron chi connectivity index (χ1n) is 5.77. The minimum Gasteiger partial charge on any atom is -0.296 e. The second-order valence-corrected chi connectivity index (χ2v) is 4.83. The van der Waals surface area contributed by atoms with Gasteiger partial charge >= 0.3 is 6.18 Å². The van der Waals surface area contributed by atoms with Crippen LogP contribution in [0.2, 0.25) is 5.02 Å². The third kappa shape index (κ3) is 5.20. The SMILES string of the molecule is CC(C(=O)c1ccc(Cl)cc1)N(C)CCC(F)(F)F. The maximum Gasteiger partial charge on any atom is 0.390 e. The van der Waals surface area contributed by atoms with Crippen molar-refractivity contribution in [2.45, 2.75) is 25.6 Å². The molecular formula is C13H15ClF3NO. The normalized spacial score (nSPS) is 13.6. The van der Waals surface area contributed by atoms with Crippen molar-refractivity contribution >= 4 is 17.4 Å². The number of ketones is 1. The Balaban J connectivity index is 2.63. The number of nitrogens with zero attached hydrogens (tertiary/aromatic N) is 1. The van der Waals surface area contributed by atoms with Crippen LogP contribution in [0.1, 0.15) is 23.7 Å². The summed E-state index contributed by atoms with van der Waals surface area (Å²) in [7, 11) is 1.50. The first-order valence-corrected chi connectivity index (χ1v) is 6.15. The lowest BCUT2D eigenvalue weighted by Crippen LogP contribution is -2.38. The molecule has 6 heteroatoms. The quantitative estimate of drug-likeness (QED) is 0.770. The molecule has 0 amide bonds. The van der Waals surface area contributed by atoms with E-state index in [0.29, 0.717) is 10.6 Å². The van der Waals surface area contributed by atoms with E-state index in [0.717, 1.165) is 0 Å². The molecule has 0 fully saturated rings. The molecule has 0 aliphatic heterocycles. The van der Waals surface area contributed by atoms with Gasteiger partial charge in [0.05, 0.1) is 12.5 Å². The number of alkyl halides is 3. The molecule has 0 aliphatic carbocycles. The number of hydrogen-bond acceptors (Lipinski definition) is 2. The first-order chi connectivity index (χ1) is 8.70. The van der Waals surface area contributed by atoms with E-state index < -0.39 is 18.6 Å². The Morgan fingerprint density at radius 2 is 1.84 bits per heavy atom. The Morgan fingerprint density at radius 3 is 2.32 bits per heavy atom. The molecule has 1 rings (SSSR count). The molecule has 0 saturated heterocycles. The lowest BCUT2D eigenvalue weighted by Gasteiger charge is -2.24. The highest BCUT2D eigenvalue weighted by molar-refractivity contribution is 6.30. The molecule has 0 saturated carbocycles. The number of Topliss-reactive ketones (excluding diaryl/α,β-unsaturated/α-hetero) is 1. The van der Waals surface area contributed by atoms with Crippen molar-refractivity contribution in [3.63, 3.8) is 0 Å². The summed E-state index contributed by atoms with van der Waals surface area (Å²) in [4.78, 5) is 13.4. The van der Waals surface area contributed by atoms with Crippen LogP contribution in [0.4, 0.5) is 13.2 Å². The Labute approximate surface area is 115 Å². The van der Waals surface area contributed by atoms with Crippen molar-refractivity contribution in [3.8, 4) is 0 Å². The third-order valence-corrected chi connectivity index (χ3v) is 3.17. The Morgan fingerprint density at radius 1 is 1.32 bits per heavy atom. The summed E-state index contributed by atoms with van der Waals surface area (Å²) in [5.74, 6) is -0.221. The molecule has 19 heavy (non-hydrogen) atoms. The van der Waals surface area contributed by atoms with Crippen LogP contribution >= 0.6 is 11.6 Å². The van der Waals surface area contributed by atoms with E-state index in [1.54, 1.807) is 31.2 Å². The predicted octanol–water partition coefficient (Wildman–Crippen LogP) is 3.80. The zero-order chi connectivity index (χ0) is 14.6. The highest BCUT2D eigenvalue weighted by Crippen LogP contribution is 2.20. The van der Waals surface area contributed by atoms with E-state index >= 15 is 0 Å². The number of rotatable bonds is 5. The van der Waals surface area contributed by atoms with E-state index in [1.807, 2.05) is 0 Å². The van der Waals surface area contributed by atoms with Crippen LogP contribution in [-0.4, -0.2) is 36.5 Å². The molecule has 0 radical (unpaired) electrons. The maximum atomic E-state index is 12.1. The van der Waals surface area contributed by atoms with Crippen molar-refractivity contribution in [3.05, 3.63) is 34.9 Å². The molecule has 1 aromatic rings. The van der Waals surface area contributed by atoms with Crippen LogP contribution in [0.15, 0.2) is 24.3 Å². The highest BCUT2D eigenvalue weighted by Gasteiger charge is 2.29. The van der Waals surface area contributed by atoms with Gasteiger partial charge in [-0.25, -0.2) is 0 Å². The number of carbonyl (C=O) groups excluding carboxylic acids is 1. The highest BCUT2D eigenvalue weighted by atomic mass is 35.5. The monoisotopic (exact) mass is 293 g/mol. The molecule has 0 spiro atoms. The maximum absolute atomic E-state index is 12.1. The molecule has 1 atom stereocenters. The van der Waals surface area contributed by atoms with Gasteiger partial charge in [-0.15, -0.1) is 0 Å². The lowest BCUT2D eigenvalue weighted by atomic mass is 10.0. The number of carbonyl (C=O) groups is 1. The molecule has 0 heterocycles. The summed E-state index contributed by atoms with van der Waals surface area (Å²) in [6.07, 6.45) is -5.14. The van der Waals surface area contributed by atoms with Gasteiger partial charge in [-0.05, 0) is 38.2 Å². The summed E-state index contributed by atoms with van der Waals surface area (Å²) >= 11 is 5.71. The number of halogens is 4. The van der Waals surface area contributed by atoms with Gasteiger partial charge in [0.15, 0.2) is 5.78 Å². The minimum atomic E-state index is -4.21. The molecule has 0 aliphatic rings. The van der Waals surface area contributed by atoms with E-state index in [9.17, 15) is 18.0 Å². The number of benzene rings is 1. The number of hydrogen-bond donors (Lipinski definition) is 0. The van der Waals surface area contributed by atoms with Gasteiger partial charge in [0.2, 0.25) is 0 Å². The molecule has 2 nitrogen and oxygen atoms in total. The standard InChI is InChI=1S/C13H15ClF3NO/c1-9(18(2)8-7-13(15,16)17)12(19)10-3-5-11(14)6-4-10/h3-6,9H,7-8H2,1-2H3. The fourth-order valence-electron chi connectivity index (χ4n) is 1.55. The zero-order valence-corrected chi connectivity index (χ0v) is 11.4. The zero-order valence-electron chi connectivity index (χ0n) is 10.7. The summed E-state index contributed by atoms with van der Waals surface area (Å²) in [5, 5.41) is 0.509. The lowest BCUT2D eigenvalue weighted by molar-refractivity contribution is -0.137. The summed E-state index contributed by atoms with van der Waals surface area (Å²) in [6.45, 7) is 1.39. The van der Waals surface area contributed by atoms with Gasteiger partial charge in [-0.2, -0.15) is 13.2 Å². The van der Waals surface area contributed by atoms with E-state index in [2.05, 4.69) is 0 Å². The van der Waals surface area contributed by atoms with Crippen molar-refractivity contribution in [1.82, 2.24) is 4.90 Å². The number of likely N-dealkylation sites (N-methyl/N-ethyl adjacent to an activating group) is 1. The fraction of sp³-hybridized carbons (Fsp3) is 0.462. The molecule has 0 N–H and O–H groups in total. The average molecular weight is 294 g/mol. The van der Waals surface area contributed by atoms with Gasteiger partial charge in [-0.3, -0.25) is 9.69 Å². The molecule has 0 aromatic heterocycles. The van der Waals surface area contributed by atoms with E-state index in [-0.39, 0.29) is 12.3 Å². The summed E-state index contributed by atoms with van der Waals surface area (Å²) in [6, 6.07) is 5.69. The van der Waals surface area contributed by atoms with Crippen LogP contribution in [-0.2, 0) is 0 Å². The topological polar surface area (TPSA) is 20.3 Å². The molecule has 1 aromatic carbocycles. The Bertz CT molecular complexity index is 431. The predicted molar refractivity (Wildman–Crippen MR) is 68.5 cm³/mol. The van der Waals surface area contributed by atoms with Crippen LogP contribution in [0.25, 0.3) is 0 Å². The van der Waals surface area contributed by atoms with Gasteiger partial charge < -0.3 is 0 Å². The second kappa shape index (κ2) is 6.39. The van der Waals surface area contributed by atoms with Crippen LogP contribution < -0.4 is 0 Å². The van der Waals surface area contributed by atoms with Crippen LogP contribution in [0, 0.1) is 0 Å². The Kier molecular flexibility index (Phi) is 5.38. The van der Waals surface area contributed by atoms with Gasteiger partial charge in [0, 0.05) is 17.1 Å². The van der Waals surface area contributed by atoms with Crippen molar-refractivity contribution < 1.29 is 18.0 Å². The van der Waals surface area contributed by atoms with Gasteiger partial charge in [0.1, 0.15) is 0 Å². The van der Waals surface area contributed by atoms with Gasteiger partial charge in [0.25, 0.3) is 0 Å². The summed E-state index contributed by atoms with van der Waals surface area (Å²) in [5.41, 5.74) is 0.441. The van der Waals surface area contributed by atoms with E-state index in [4.69, 9.17) is 11.6 Å². The molecule has 106 valence electrons. The van der Waals surface area contributed by atoms with Crippen LogP contribution in [0.3, 0.4) is 0 Å². The average Bonchev–Trinajstić information content (AvgIpc) is 2.34. The first kappa shape index (κ1) is 16.0. The Hall–Kier alpha value is -1.07. The van der Waals surface area contributed by atoms with Crippen molar-refractivity contribution in [2.75, 3.05) is 13.6 Å². The fourth-order valence-corrected chi connectivity index (χ4v) is 1.68. The van der Waals surface area contributed by atoms with Crippen molar-refractivity contribution in [2.24, 2.45) is 0 Å². The largest absolute Gasteiger partial charge is 0.390 e. The third-order valence-electron chi connectivity index (χ3n) is 2.92. The van der Waals surface area contributed by atoms with Crippen LogP contribution in [0.5, 0.6) is 0 Å². The molecular weight excluding hydrogens is 279 g/mol. The van der Waals surface area contributed by atoms with E-state index in [1.165, 1.54) is 11.9 Å². The molecule has 0 bridgehead atoms. The minimum absolute atomic E-state index is 0.204. The molecule has 1 unspecified atom stereocenters. The second-order valence-electron chi connectivity index (χ2n) is 4.39. The smallest absolute Gasteiger partial charge is 0.296 e. The van der Waals surface area contributed by atoms with Gasteiger partial charge in [-0.1, -0.05) is 11.6 Å².